The van der Waals surface area contributed by atoms with Gasteiger partial charge in [-0.3, -0.25) is 15.0 Å². The number of nitrogens with one attached hydrogen (secondary N) is 1. The van der Waals surface area contributed by atoms with Gasteiger partial charge in [0.15, 0.2) is 0 Å². The molecule has 1 aliphatic heterocycles. The highest BCUT2D eigenvalue weighted by molar-refractivity contribution is 5.61. The van der Waals surface area contributed by atoms with Crippen molar-refractivity contribution in [2.45, 2.75) is 6.92 Å². The van der Waals surface area contributed by atoms with E-state index in [4.69, 9.17) is 0 Å². The maximum Gasteiger partial charge on any atom is 0.270 e. The molecule has 1 N–H and O–H groups in total. The zero-order valence-electron chi connectivity index (χ0n) is 15.4. The molecule has 0 aliphatic carbocycles. The van der Waals surface area contributed by atoms with Gasteiger partial charge in [0.1, 0.15) is 6.07 Å². The van der Waals surface area contributed by atoms with E-state index >= 15 is 0 Å². The maximum absolute atomic E-state index is 10.8. The normalized spacial score (nSPS) is 14.6. The molecule has 0 spiro atoms. The van der Waals surface area contributed by atoms with E-state index in [1.165, 1.54) is 23.4 Å². The fourth-order valence-corrected chi connectivity index (χ4v) is 3.30. The number of nitriles is 1. The minimum atomic E-state index is -0.488. The molecule has 7 heteroatoms. The first-order valence-corrected chi connectivity index (χ1v) is 9.03. The van der Waals surface area contributed by atoms with Crippen LogP contribution < -0.4 is 10.2 Å². The highest BCUT2D eigenvalue weighted by Gasteiger charge is 2.17. The largest absolute Gasteiger partial charge is 0.383 e. The molecule has 0 aromatic heterocycles. The molecule has 1 fully saturated rings. The van der Waals surface area contributed by atoms with Crippen molar-refractivity contribution in [3.63, 3.8) is 0 Å². The second-order valence-corrected chi connectivity index (χ2v) is 6.69. The summed E-state index contributed by atoms with van der Waals surface area (Å²) in [6.45, 7) is 7.62. The van der Waals surface area contributed by atoms with Crippen LogP contribution >= 0.6 is 0 Å². The van der Waals surface area contributed by atoms with E-state index in [0.717, 1.165) is 32.7 Å². The van der Waals surface area contributed by atoms with Crippen LogP contribution in [-0.4, -0.2) is 49.1 Å². The highest BCUT2D eigenvalue weighted by atomic mass is 16.6. The van der Waals surface area contributed by atoms with Crippen molar-refractivity contribution in [1.82, 2.24) is 4.90 Å². The molecule has 27 heavy (non-hydrogen) atoms. The summed E-state index contributed by atoms with van der Waals surface area (Å²) in [6.07, 6.45) is 0. The van der Waals surface area contributed by atoms with Gasteiger partial charge in [0.05, 0.1) is 16.2 Å². The summed E-state index contributed by atoms with van der Waals surface area (Å²) in [7, 11) is 0. The molecule has 1 heterocycles. The fourth-order valence-electron chi connectivity index (χ4n) is 3.30. The van der Waals surface area contributed by atoms with Gasteiger partial charge in [-0.25, -0.2) is 0 Å². The number of nitro benzene ring substituents is 1. The summed E-state index contributed by atoms with van der Waals surface area (Å²) in [4.78, 5) is 15.1. The molecule has 2 aromatic rings. The number of piperazine rings is 1. The first-order valence-electron chi connectivity index (χ1n) is 9.03. The van der Waals surface area contributed by atoms with Crippen molar-refractivity contribution < 1.29 is 4.92 Å². The van der Waals surface area contributed by atoms with E-state index < -0.39 is 4.92 Å². The van der Waals surface area contributed by atoms with Crippen LogP contribution in [0.3, 0.4) is 0 Å². The summed E-state index contributed by atoms with van der Waals surface area (Å²) in [6, 6.07) is 14.9. The van der Waals surface area contributed by atoms with Crippen LogP contribution in [0.4, 0.5) is 17.1 Å². The molecule has 0 unspecified atom stereocenters. The third kappa shape index (κ3) is 4.74. The Balaban J connectivity index is 1.48. The molecule has 2 aromatic carbocycles. The Labute approximate surface area is 159 Å². The Morgan fingerprint density at radius 1 is 1.19 bits per heavy atom. The maximum atomic E-state index is 10.8. The van der Waals surface area contributed by atoms with E-state index in [1.54, 1.807) is 6.07 Å². The van der Waals surface area contributed by atoms with Gasteiger partial charge in [-0.1, -0.05) is 12.1 Å². The van der Waals surface area contributed by atoms with Crippen LogP contribution in [0.25, 0.3) is 0 Å². The number of aryl methyl sites for hydroxylation is 1. The van der Waals surface area contributed by atoms with E-state index in [9.17, 15) is 15.4 Å². The smallest absolute Gasteiger partial charge is 0.270 e. The monoisotopic (exact) mass is 365 g/mol. The Morgan fingerprint density at radius 2 is 1.96 bits per heavy atom. The Kier molecular flexibility index (Phi) is 5.89. The van der Waals surface area contributed by atoms with Crippen LogP contribution in [0, 0.1) is 28.4 Å². The van der Waals surface area contributed by atoms with E-state index in [1.807, 2.05) is 6.07 Å². The topological polar surface area (TPSA) is 85.4 Å². The van der Waals surface area contributed by atoms with Crippen LogP contribution in [0.15, 0.2) is 42.5 Å². The number of rotatable bonds is 6. The predicted molar refractivity (Wildman–Crippen MR) is 106 cm³/mol. The molecule has 140 valence electrons. The van der Waals surface area contributed by atoms with Crippen LogP contribution in [0.1, 0.15) is 11.1 Å². The molecule has 0 radical (unpaired) electrons. The summed E-state index contributed by atoms with van der Waals surface area (Å²) < 4.78 is 0. The number of nitrogens with zero attached hydrogens (tertiary/aromatic N) is 4. The Morgan fingerprint density at radius 3 is 2.63 bits per heavy atom. The van der Waals surface area contributed by atoms with Gasteiger partial charge >= 0.3 is 0 Å². The standard InChI is InChI=1S/C20H23N5O2/c1-16-3-2-4-18(13-16)24-11-9-23(10-12-24)8-7-22-20-6-5-19(25(26)27)14-17(20)15-21/h2-6,13-14,22H,7-12H2,1H3. The fraction of sp³-hybridized carbons (Fsp3) is 0.350. The van der Waals surface area contributed by atoms with Gasteiger partial charge in [-0.05, 0) is 30.7 Å². The van der Waals surface area contributed by atoms with Gasteiger partial charge < -0.3 is 10.2 Å². The summed E-state index contributed by atoms with van der Waals surface area (Å²) in [5.74, 6) is 0. The molecule has 1 aliphatic rings. The molecule has 0 atom stereocenters. The number of benzene rings is 2. The number of nitro groups is 1. The quantitative estimate of drug-likeness (QED) is 0.626. The van der Waals surface area contributed by atoms with Gasteiger partial charge in [-0.2, -0.15) is 5.26 Å². The summed E-state index contributed by atoms with van der Waals surface area (Å²) >= 11 is 0. The van der Waals surface area contributed by atoms with Crippen molar-refractivity contribution in [2.24, 2.45) is 0 Å². The number of hydrogen-bond donors (Lipinski definition) is 1. The van der Waals surface area contributed by atoms with Crippen molar-refractivity contribution in [3.05, 3.63) is 63.7 Å². The first kappa shape index (κ1) is 18.7. The highest BCUT2D eigenvalue weighted by Crippen LogP contribution is 2.21. The lowest BCUT2D eigenvalue weighted by Crippen LogP contribution is -2.47. The third-order valence-electron chi connectivity index (χ3n) is 4.82. The molecule has 1 saturated heterocycles. The Hall–Kier alpha value is -3.11. The molecule has 7 nitrogen and oxygen atoms in total. The van der Waals surface area contributed by atoms with E-state index in [0.29, 0.717) is 17.8 Å². The van der Waals surface area contributed by atoms with E-state index in [-0.39, 0.29) is 5.69 Å². The van der Waals surface area contributed by atoms with Crippen LogP contribution in [0.5, 0.6) is 0 Å². The lowest BCUT2D eigenvalue weighted by atomic mass is 10.1. The van der Waals surface area contributed by atoms with Crippen molar-refractivity contribution >= 4 is 17.1 Å². The zero-order valence-corrected chi connectivity index (χ0v) is 15.4. The van der Waals surface area contributed by atoms with Crippen molar-refractivity contribution in [1.29, 1.82) is 5.26 Å². The Bertz CT molecular complexity index is 854. The molecule has 3 rings (SSSR count). The zero-order chi connectivity index (χ0) is 19.2. The molecular weight excluding hydrogens is 342 g/mol. The molecule has 0 amide bonds. The van der Waals surface area contributed by atoms with E-state index in [2.05, 4.69) is 46.3 Å². The van der Waals surface area contributed by atoms with Crippen molar-refractivity contribution in [3.8, 4) is 6.07 Å². The van der Waals surface area contributed by atoms with Gasteiger partial charge in [-0.15, -0.1) is 0 Å². The van der Waals surface area contributed by atoms with Crippen molar-refractivity contribution in [2.75, 3.05) is 49.5 Å². The molecular formula is C20H23N5O2. The van der Waals surface area contributed by atoms with Crippen LogP contribution in [0.2, 0.25) is 0 Å². The second kappa shape index (κ2) is 8.52. The number of anilines is 2. The minimum Gasteiger partial charge on any atom is -0.383 e. The van der Waals surface area contributed by atoms with Gasteiger partial charge in [0.2, 0.25) is 0 Å². The number of non-ortho nitro benzene ring substituents is 1. The average molecular weight is 365 g/mol. The second-order valence-electron chi connectivity index (χ2n) is 6.69. The lowest BCUT2D eigenvalue weighted by Gasteiger charge is -2.36. The SMILES string of the molecule is Cc1cccc(N2CCN(CCNc3ccc([N+](=O)[O-])cc3C#N)CC2)c1. The molecule has 0 bridgehead atoms. The molecule has 0 saturated carbocycles. The van der Waals surface area contributed by atoms with Gasteiger partial charge in [0, 0.05) is 57.1 Å². The van der Waals surface area contributed by atoms with Crippen LogP contribution in [-0.2, 0) is 0 Å². The van der Waals surface area contributed by atoms with Gasteiger partial charge in [0.25, 0.3) is 5.69 Å². The number of hydrogen-bond acceptors (Lipinski definition) is 6. The lowest BCUT2D eigenvalue weighted by molar-refractivity contribution is -0.384. The average Bonchev–Trinajstić information content (AvgIpc) is 2.68. The first-order chi connectivity index (χ1) is 13.1. The minimum absolute atomic E-state index is 0.0654. The predicted octanol–water partition coefficient (Wildman–Crippen LogP) is 3.01. The third-order valence-corrected chi connectivity index (χ3v) is 4.82. The summed E-state index contributed by atoms with van der Waals surface area (Å²) in [5.41, 5.74) is 3.42. The summed E-state index contributed by atoms with van der Waals surface area (Å²) in [5, 5.41) is 23.2.